The highest BCUT2D eigenvalue weighted by atomic mass is 35.5. The molecule has 4 rings (SSSR count). The summed E-state index contributed by atoms with van der Waals surface area (Å²) in [5.41, 5.74) is 3.10. The highest BCUT2D eigenvalue weighted by molar-refractivity contribution is 6.30. The molecule has 3 N–H and O–H groups in total. The van der Waals surface area contributed by atoms with Crippen molar-refractivity contribution in [2.24, 2.45) is 0 Å². The monoisotopic (exact) mass is 509 g/mol. The van der Waals surface area contributed by atoms with Crippen molar-refractivity contribution in [3.63, 3.8) is 0 Å². The molecule has 0 amide bonds. The van der Waals surface area contributed by atoms with E-state index in [2.05, 4.69) is 15.6 Å². The van der Waals surface area contributed by atoms with E-state index < -0.39 is 12.0 Å². The molecule has 36 heavy (non-hydrogen) atoms. The summed E-state index contributed by atoms with van der Waals surface area (Å²) >= 11 is 5.99. The number of hydrogen-bond acceptors (Lipinski definition) is 6. The Morgan fingerprint density at radius 2 is 1.72 bits per heavy atom. The summed E-state index contributed by atoms with van der Waals surface area (Å²) < 4.78 is 6.36. The van der Waals surface area contributed by atoms with Gasteiger partial charge in [-0.2, -0.15) is 0 Å². The van der Waals surface area contributed by atoms with Crippen LogP contribution in [0.25, 0.3) is 0 Å². The van der Waals surface area contributed by atoms with E-state index in [1.165, 1.54) is 13.8 Å². The van der Waals surface area contributed by atoms with Gasteiger partial charge in [-0.15, -0.1) is 0 Å². The van der Waals surface area contributed by atoms with E-state index >= 15 is 0 Å². The van der Waals surface area contributed by atoms with E-state index in [4.69, 9.17) is 21.4 Å². The van der Waals surface area contributed by atoms with Crippen molar-refractivity contribution in [2.45, 2.75) is 44.9 Å². The zero-order valence-electron chi connectivity index (χ0n) is 20.5. The lowest BCUT2D eigenvalue weighted by Crippen LogP contribution is -2.33. The van der Waals surface area contributed by atoms with Crippen LogP contribution in [0, 0.1) is 0 Å². The smallest absolute Gasteiger partial charge is 0.325 e. The first-order valence-electron chi connectivity index (χ1n) is 12.0. The molecule has 1 fully saturated rings. The number of Topliss-reactive ketones (excluding diaryl/α,β-unsaturated/α-hetero) is 1. The Morgan fingerprint density at radius 3 is 2.33 bits per heavy atom. The highest BCUT2D eigenvalue weighted by Gasteiger charge is 2.22. The number of piperidine rings is 1. The summed E-state index contributed by atoms with van der Waals surface area (Å²) in [5.74, 6) is -1.04. The van der Waals surface area contributed by atoms with Crippen molar-refractivity contribution >= 4 is 29.0 Å². The molecule has 1 aliphatic heterocycles. The molecule has 2 aromatic carbocycles. The second-order valence-corrected chi connectivity index (χ2v) is 9.01. The van der Waals surface area contributed by atoms with Crippen LogP contribution in [0.5, 0.6) is 0 Å². The number of ether oxygens (including phenoxy) is 1. The number of nitrogens with zero attached hydrogens (tertiary/aromatic N) is 1. The van der Waals surface area contributed by atoms with Crippen LogP contribution < -0.4 is 10.6 Å². The zero-order valence-corrected chi connectivity index (χ0v) is 21.2. The molecule has 1 unspecified atom stereocenters. The average Bonchev–Trinajstić information content (AvgIpc) is 2.89. The average molecular weight is 510 g/mol. The highest BCUT2D eigenvalue weighted by Crippen LogP contribution is 2.29. The van der Waals surface area contributed by atoms with Crippen LogP contribution in [-0.4, -0.2) is 47.1 Å². The lowest BCUT2D eigenvalue weighted by atomic mass is 10.0. The third-order valence-corrected chi connectivity index (χ3v) is 6.04. The maximum absolute atomic E-state index is 11.2. The molecule has 2 atom stereocenters. The van der Waals surface area contributed by atoms with E-state index in [1.807, 2.05) is 48.7 Å². The predicted molar refractivity (Wildman–Crippen MR) is 142 cm³/mol. The quantitative estimate of drug-likeness (QED) is 0.351. The van der Waals surface area contributed by atoms with Crippen molar-refractivity contribution in [2.75, 3.05) is 18.4 Å². The van der Waals surface area contributed by atoms with Gasteiger partial charge < -0.3 is 20.5 Å². The van der Waals surface area contributed by atoms with E-state index in [1.54, 1.807) is 24.3 Å². The van der Waals surface area contributed by atoms with E-state index in [9.17, 15) is 9.59 Å². The SMILES string of the molecule is CC(=O)c1ccccc1NC(C)C(=O)O.Clc1ccc([C@H](OC2CCNCC2)c2ccccn2)cc1. The van der Waals surface area contributed by atoms with Crippen molar-refractivity contribution < 1.29 is 19.4 Å². The second kappa shape index (κ2) is 13.7. The van der Waals surface area contributed by atoms with Crippen LogP contribution >= 0.6 is 11.6 Å². The van der Waals surface area contributed by atoms with Crippen molar-refractivity contribution in [3.8, 4) is 0 Å². The summed E-state index contributed by atoms with van der Waals surface area (Å²) in [6.07, 6.45) is 4.03. The predicted octanol–water partition coefficient (Wildman–Crippen LogP) is 5.37. The second-order valence-electron chi connectivity index (χ2n) is 8.58. The number of pyridine rings is 1. The minimum atomic E-state index is -0.951. The third kappa shape index (κ3) is 8.16. The van der Waals surface area contributed by atoms with Crippen molar-refractivity contribution in [3.05, 3.63) is 94.8 Å². The lowest BCUT2D eigenvalue weighted by Gasteiger charge is -2.28. The minimum absolute atomic E-state index is 0.0873. The Kier molecular flexibility index (Phi) is 10.4. The first-order chi connectivity index (χ1) is 17.3. The fourth-order valence-electron chi connectivity index (χ4n) is 3.82. The Morgan fingerprint density at radius 1 is 1.06 bits per heavy atom. The van der Waals surface area contributed by atoms with Gasteiger partial charge in [-0.25, -0.2) is 0 Å². The van der Waals surface area contributed by atoms with Crippen molar-refractivity contribution in [1.29, 1.82) is 0 Å². The van der Waals surface area contributed by atoms with Gasteiger partial charge in [0.25, 0.3) is 0 Å². The topological polar surface area (TPSA) is 101 Å². The van der Waals surface area contributed by atoms with Gasteiger partial charge >= 0.3 is 5.97 Å². The first kappa shape index (κ1) is 27.3. The number of carbonyl (C=O) groups is 2. The van der Waals surface area contributed by atoms with Crippen LogP contribution in [0.1, 0.15) is 54.4 Å². The molecule has 1 saturated heterocycles. The molecule has 0 radical (unpaired) electrons. The minimum Gasteiger partial charge on any atom is -0.480 e. The Labute approximate surface area is 216 Å². The third-order valence-electron chi connectivity index (χ3n) is 5.79. The normalized spacial score (nSPS) is 15.2. The number of rotatable bonds is 8. The summed E-state index contributed by atoms with van der Waals surface area (Å²) in [7, 11) is 0. The summed E-state index contributed by atoms with van der Waals surface area (Å²) in [4.78, 5) is 26.3. The van der Waals surface area contributed by atoms with Gasteiger partial charge in [-0.1, -0.05) is 41.9 Å². The number of aromatic nitrogens is 1. The molecular formula is C28H32ClN3O4. The largest absolute Gasteiger partial charge is 0.480 e. The van der Waals surface area contributed by atoms with E-state index in [0.29, 0.717) is 11.3 Å². The van der Waals surface area contributed by atoms with Crippen LogP contribution in [-0.2, 0) is 9.53 Å². The van der Waals surface area contributed by atoms with Gasteiger partial charge in [0.15, 0.2) is 5.78 Å². The number of nitrogens with one attached hydrogen (secondary N) is 2. The number of aliphatic carboxylic acids is 1. The number of para-hydroxylation sites is 1. The summed E-state index contributed by atoms with van der Waals surface area (Å²) in [6.45, 7) is 5.01. The van der Waals surface area contributed by atoms with Crippen LogP contribution in [0.4, 0.5) is 5.69 Å². The molecule has 2 heterocycles. The number of hydrogen-bond donors (Lipinski definition) is 3. The molecule has 3 aromatic rings. The van der Waals surface area contributed by atoms with Gasteiger partial charge in [-0.05, 0) is 81.7 Å². The maximum Gasteiger partial charge on any atom is 0.325 e. The number of carbonyl (C=O) groups excluding carboxylic acids is 1. The lowest BCUT2D eigenvalue weighted by molar-refractivity contribution is -0.137. The number of halogens is 1. The Balaban J connectivity index is 0.000000214. The molecule has 7 nitrogen and oxygen atoms in total. The van der Waals surface area contributed by atoms with Crippen LogP contribution in [0.3, 0.4) is 0 Å². The molecule has 0 saturated carbocycles. The number of benzene rings is 2. The molecule has 1 aromatic heterocycles. The fourth-order valence-corrected chi connectivity index (χ4v) is 3.95. The molecule has 0 aliphatic carbocycles. The molecule has 190 valence electrons. The van der Waals surface area contributed by atoms with Gasteiger partial charge in [0.05, 0.1) is 11.8 Å². The van der Waals surface area contributed by atoms with E-state index in [-0.39, 0.29) is 18.0 Å². The number of carboxylic acid groups (broad SMARTS) is 1. The first-order valence-corrected chi connectivity index (χ1v) is 12.3. The number of anilines is 1. The van der Waals surface area contributed by atoms with Gasteiger partial charge in [0, 0.05) is 22.5 Å². The number of ketones is 1. The number of carboxylic acids is 1. The fraction of sp³-hybridized carbons (Fsp3) is 0.321. The standard InChI is InChI=1S/C17H19ClN2O.C11H13NO3/c18-14-6-4-13(5-7-14)17(16-3-1-2-10-20-16)21-15-8-11-19-12-9-15;1-7(11(14)15)12-10-6-4-3-5-9(10)8(2)13/h1-7,10,15,17,19H,8-9,11-12H2;3-7,12H,1-2H3,(H,14,15)/t17-;/m0./s1. The Bertz CT molecular complexity index is 1120. The molecule has 8 heteroatoms. The molecule has 0 spiro atoms. The van der Waals surface area contributed by atoms with Crippen LogP contribution in [0.2, 0.25) is 5.02 Å². The summed E-state index contributed by atoms with van der Waals surface area (Å²) in [6, 6.07) is 19.9. The van der Waals surface area contributed by atoms with Gasteiger partial charge in [-0.3, -0.25) is 14.6 Å². The molecular weight excluding hydrogens is 478 g/mol. The van der Waals surface area contributed by atoms with Gasteiger partial charge in [0.1, 0.15) is 12.1 Å². The summed E-state index contributed by atoms with van der Waals surface area (Å²) in [5, 5.41) is 15.6. The van der Waals surface area contributed by atoms with Crippen molar-refractivity contribution in [1.82, 2.24) is 10.3 Å². The van der Waals surface area contributed by atoms with Crippen LogP contribution in [0.15, 0.2) is 72.9 Å². The molecule has 1 aliphatic rings. The molecule has 0 bridgehead atoms. The van der Waals surface area contributed by atoms with Gasteiger partial charge in [0.2, 0.25) is 0 Å². The van der Waals surface area contributed by atoms with E-state index in [0.717, 1.165) is 42.2 Å². The maximum atomic E-state index is 11.2. The Hall–Kier alpha value is -3.26. The zero-order chi connectivity index (χ0) is 25.9.